The molecule has 7 nitrogen and oxygen atoms in total. The van der Waals surface area contributed by atoms with E-state index in [1.807, 2.05) is 6.92 Å². The van der Waals surface area contributed by atoms with Crippen LogP contribution in [0.25, 0.3) is 5.69 Å². The van der Waals surface area contributed by atoms with Gasteiger partial charge in [0, 0.05) is 18.5 Å². The number of aryl methyl sites for hydroxylation is 2. The van der Waals surface area contributed by atoms with Crippen LogP contribution in [0.1, 0.15) is 53.4 Å². The Balaban J connectivity index is 1.61. The molecule has 0 saturated heterocycles. The molecule has 0 spiro atoms. The van der Waals surface area contributed by atoms with Gasteiger partial charge in [-0.05, 0) is 62.9 Å². The molecule has 3 aromatic rings. The Bertz CT molecular complexity index is 1360. The number of hydrogen-bond donors (Lipinski definition) is 3. The van der Waals surface area contributed by atoms with E-state index < -0.39 is 36.6 Å². The highest BCUT2D eigenvalue weighted by Gasteiger charge is 2.34. The second-order valence-electron chi connectivity index (χ2n) is 10.3. The summed E-state index contributed by atoms with van der Waals surface area (Å²) in [7, 11) is 0. The van der Waals surface area contributed by atoms with Crippen molar-refractivity contribution < 1.29 is 27.5 Å². The van der Waals surface area contributed by atoms with Crippen LogP contribution in [0.2, 0.25) is 0 Å². The van der Waals surface area contributed by atoms with Crippen molar-refractivity contribution in [1.82, 2.24) is 20.0 Å². The highest BCUT2D eigenvalue weighted by Crippen LogP contribution is 2.32. The molecule has 11 heteroatoms. The Morgan fingerprint density at radius 2 is 1.87 bits per heavy atom. The van der Waals surface area contributed by atoms with E-state index in [9.17, 15) is 27.5 Å². The van der Waals surface area contributed by atoms with Gasteiger partial charge in [0.2, 0.25) is 0 Å². The first-order valence-corrected chi connectivity index (χ1v) is 12.6. The van der Waals surface area contributed by atoms with Gasteiger partial charge in [0.05, 0.1) is 35.6 Å². The van der Waals surface area contributed by atoms with Gasteiger partial charge in [-0.2, -0.15) is 18.3 Å². The van der Waals surface area contributed by atoms with Crippen LogP contribution < -0.4 is 5.32 Å². The fourth-order valence-corrected chi connectivity index (χ4v) is 4.72. The van der Waals surface area contributed by atoms with E-state index >= 15 is 0 Å². The summed E-state index contributed by atoms with van der Waals surface area (Å²) in [6, 6.07) is 10.2. The Morgan fingerprint density at radius 3 is 2.51 bits per heavy atom. The van der Waals surface area contributed by atoms with Gasteiger partial charge in [-0.3, -0.25) is 10.3 Å². The summed E-state index contributed by atoms with van der Waals surface area (Å²) in [5, 5.41) is 26.4. The third-order valence-corrected chi connectivity index (χ3v) is 6.77. The molecule has 0 fully saturated rings. The molecule has 3 N–H and O–H groups in total. The molecule has 0 bridgehead atoms. The SMILES string of the molecule is Cc1ccc(C(=N)N(CCC(F)(F)F)C(=O)NCc2nn(-c3cc(C)cc(F)c3)c3c2CCC(C)(O)C3)cc1. The maximum Gasteiger partial charge on any atom is 0.390 e. The first kappa shape index (κ1) is 28.3. The Hall–Kier alpha value is -3.73. The number of aromatic nitrogens is 2. The number of halogens is 4. The number of hydrogen-bond acceptors (Lipinski definition) is 4. The van der Waals surface area contributed by atoms with Crippen LogP contribution in [0.3, 0.4) is 0 Å². The molecule has 0 aliphatic heterocycles. The summed E-state index contributed by atoms with van der Waals surface area (Å²) in [5.41, 5.74) is 3.31. The van der Waals surface area contributed by atoms with Gasteiger partial charge in [-0.15, -0.1) is 0 Å². The van der Waals surface area contributed by atoms with Gasteiger partial charge in [-0.1, -0.05) is 29.8 Å². The first-order chi connectivity index (χ1) is 18.2. The zero-order valence-electron chi connectivity index (χ0n) is 22.0. The highest BCUT2D eigenvalue weighted by molar-refractivity contribution is 6.05. The number of aliphatic hydroxyl groups is 1. The van der Waals surface area contributed by atoms with Crippen molar-refractivity contribution in [1.29, 1.82) is 5.41 Å². The van der Waals surface area contributed by atoms with Gasteiger partial charge < -0.3 is 10.4 Å². The number of urea groups is 1. The van der Waals surface area contributed by atoms with Gasteiger partial charge in [0.15, 0.2) is 0 Å². The van der Waals surface area contributed by atoms with E-state index in [0.29, 0.717) is 41.0 Å². The molecule has 2 aromatic carbocycles. The van der Waals surface area contributed by atoms with Crippen LogP contribution in [-0.4, -0.2) is 50.0 Å². The summed E-state index contributed by atoms with van der Waals surface area (Å²) in [5.74, 6) is -0.794. The molecular weight excluding hydrogens is 514 g/mol. The molecule has 1 aliphatic rings. The van der Waals surface area contributed by atoms with Gasteiger partial charge in [0.1, 0.15) is 11.7 Å². The zero-order valence-corrected chi connectivity index (χ0v) is 22.0. The molecule has 1 unspecified atom stereocenters. The summed E-state index contributed by atoms with van der Waals surface area (Å²) in [4.78, 5) is 13.9. The molecule has 0 saturated carbocycles. The third kappa shape index (κ3) is 6.83. The van der Waals surface area contributed by atoms with E-state index in [1.165, 1.54) is 12.1 Å². The summed E-state index contributed by atoms with van der Waals surface area (Å²) >= 11 is 0. The lowest BCUT2D eigenvalue weighted by Crippen LogP contribution is -2.45. The molecule has 39 heavy (non-hydrogen) atoms. The van der Waals surface area contributed by atoms with Crippen LogP contribution in [-0.2, 0) is 19.4 Å². The largest absolute Gasteiger partial charge is 0.390 e. The molecule has 4 rings (SSSR count). The number of carbonyl (C=O) groups is 1. The third-order valence-electron chi connectivity index (χ3n) is 6.77. The van der Waals surface area contributed by atoms with Crippen molar-refractivity contribution in [3.8, 4) is 5.69 Å². The second-order valence-corrected chi connectivity index (χ2v) is 10.3. The summed E-state index contributed by atoms with van der Waals surface area (Å²) in [6.07, 6.45) is -4.62. The van der Waals surface area contributed by atoms with Crippen molar-refractivity contribution in [2.75, 3.05) is 6.54 Å². The van der Waals surface area contributed by atoms with Gasteiger partial charge in [-0.25, -0.2) is 13.9 Å². The standard InChI is InChI=1S/C28H31F4N5O2/c1-17-4-6-19(7-5-17)25(33)36(11-10-28(30,31)32)26(38)34-16-23-22-8-9-27(3,39)15-24(22)37(35-23)21-13-18(2)12-20(29)14-21/h4-7,12-14,33,39H,8-11,15-16H2,1-3H3,(H,34,38). The predicted molar refractivity (Wildman–Crippen MR) is 139 cm³/mol. The van der Waals surface area contributed by atoms with Gasteiger partial charge >= 0.3 is 12.2 Å². The minimum atomic E-state index is -4.51. The smallest absolute Gasteiger partial charge is 0.390 e. The number of nitrogens with one attached hydrogen (secondary N) is 2. The number of nitrogens with zero attached hydrogens (tertiary/aromatic N) is 3. The number of carbonyl (C=O) groups excluding carboxylic acids is 1. The minimum absolute atomic E-state index is 0.117. The van der Waals surface area contributed by atoms with E-state index in [4.69, 9.17) is 5.41 Å². The number of alkyl halides is 3. The number of fused-ring (bicyclic) bond motifs is 1. The lowest BCUT2D eigenvalue weighted by molar-refractivity contribution is -0.135. The number of amides is 2. The number of rotatable bonds is 6. The van der Waals surface area contributed by atoms with Crippen molar-refractivity contribution >= 4 is 11.9 Å². The van der Waals surface area contributed by atoms with Crippen molar-refractivity contribution in [3.05, 3.63) is 81.9 Å². The lowest BCUT2D eigenvalue weighted by Gasteiger charge is -2.29. The summed E-state index contributed by atoms with van der Waals surface area (Å²) in [6.45, 7) is 4.46. The molecule has 0 radical (unpaired) electrons. The normalized spacial score (nSPS) is 17.0. The molecular formula is C28H31F4N5O2. The minimum Gasteiger partial charge on any atom is -0.390 e. The van der Waals surface area contributed by atoms with Crippen LogP contribution in [0.15, 0.2) is 42.5 Å². The number of amidine groups is 1. The van der Waals surface area contributed by atoms with Crippen LogP contribution >= 0.6 is 0 Å². The lowest BCUT2D eigenvalue weighted by atomic mass is 9.84. The molecule has 208 valence electrons. The first-order valence-electron chi connectivity index (χ1n) is 12.6. The van der Waals surface area contributed by atoms with Crippen LogP contribution in [0, 0.1) is 25.1 Å². The molecule has 1 aromatic heterocycles. The topological polar surface area (TPSA) is 94.2 Å². The van der Waals surface area contributed by atoms with Gasteiger partial charge in [0.25, 0.3) is 0 Å². The van der Waals surface area contributed by atoms with E-state index in [-0.39, 0.29) is 18.8 Å². The molecule has 1 heterocycles. The fraction of sp³-hybridized carbons (Fsp3) is 0.393. The van der Waals surface area contributed by atoms with Crippen molar-refractivity contribution in [3.63, 3.8) is 0 Å². The average Bonchev–Trinajstić information content (AvgIpc) is 3.18. The monoisotopic (exact) mass is 545 g/mol. The maximum absolute atomic E-state index is 14.2. The van der Waals surface area contributed by atoms with E-state index in [0.717, 1.165) is 16.0 Å². The Morgan fingerprint density at radius 1 is 1.18 bits per heavy atom. The van der Waals surface area contributed by atoms with E-state index in [1.54, 1.807) is 48.9 Å². The van der Waals surface area contributed by atoms with Crippen LogP contribution in [0.4, 0.5) is 22.4 Å². The summed E-state index contributed by atoms with van der Waals surface area (Å²) < 4.78 is 54.8. The van der Waals surface area contributed by atoms with Crippen molar-refractivity contribution in [2.45, 2.75) is 64.8 Å². The predicted octanol–water partition coefficient (Wildman–Crippen LogP) is 5.36. The number of benzene rings is 2. The zero-order chi connectivity index (χ0) is 28.5. The fourth-order valence-electron chi connectivity index (χ4n) is 4.72. The van der Waals surface area contributed by atoms with Crippen LogP contribution in [0.5, 0.6) is 0 Å². The Kier molecular flexibility index (Phi) is 7.83. The highest BCUT2D eigenvalue weighted by atomic mass is 19.4. The molecule has 1 atom stereocenters. The quantitative estimate of drug-likeness (QED) is 0.221. The Labute approximate surface area is 224 Å². The second kappa shape index (κ2) is 10.8. The molecule has 2 amide bonds. The van der Waals surface area contributed by atoms with E-state index in [2.05, 4.69) is 10.4 Å². The maximum atomic E-state index is 14.2. The average molecular weight is 546 g/mol. The van der Waals surface area contributed by atoms with Crippen molar-refractivity contribution in [2.24, 2.45) is 0 Å². The molecule has 1 aliphatic carbocycles.